The molecule has 2 aromatic rings. The fraction of sp³-hybridized carbons (Fsp3) is 0.450. The summed E-state index contributed by atoms with van der Waals surface area (Å²) in [5.74, 6) is 1.96. The lowest BCUT2D eigenvalue weighted by molar-refractivity contribution is 0.373. The van der Waals surface area contributed by atoms with Gasteiger partial charge in [-0.2, -0.15) is 0 Å². The minimum Gasteiger partial charge on any atom is -0.496 e. The van der Waals surface area contributed by atoms with Gasteiger partial charge in [0, 0.05) is 39.3 Å². The van der Waals surface area contributed by atoms with E-state index < -0.39 is 0 Å². The molecule has 0 radical (unpaired) electrons. The highest BCUT2D eigenvalue weighted by Crippen LogP contribution is 2.22. The van der Waals surface area contributed by atoms with Crippen molar-refractivity contribution < 1.29 is 4.74 Å². The van der Waals surface area contributed by atoms with Crippen molar-refractivity contribution in [1.29, 1.82) is 0 Å². The quantitative estimate of drug-likeness (QED) is 0.373. The molecule has 0 atom stereocenters. The number of methoxy groups -OCH3 is 1. The summed E-state index contributed by atoms with van der Waals surface area (Å²) in [6, 6.07) is 12.5. The summed E-state index contributed by atoms with van der Waals surface area (Å²) in [7, 11) is 1.72. The molecule has 1 N–H and O–H groups in total. The molecule has 2 heterocycles. The fourth-order valence-corrected chi connectivity index (χ4v) is 3.99. The molecular formula is C20H29IN4OS. The van der Waals surface area contributed by atoms with E-state index in [9.17, 15) is 0 Å². The standard InChI is InChI=1S/C20H28N4OS.HI/c1-3-21-20(22-11-10-17-7-4-5-8-18(17)25-2)24-14-12-23(13-15-24)19-9-6-16-26-19;/h4-9,16H,3,10-15H2,1-2H3,(H,21,22);1H. The van der Waals surface area contributed by atoms with Gasteiger partial charge in [0.2, 0.25) is 0 Å². The van der Waals surface area contributed by atoms with Crippen molar-refractivity contribution in [1.82, 2.24) is 10.2 Å². The Morgan fingerprint density at radius 1 is 1.15 bits per heavy atom. The van der Waals surface area contributed by atoms with Crippen molar-refractivity contribution in [2.24, 2.45) is 4.99 Å². The van der Waals surface area contributed by atoms with Gasteiger partial charge in [0.25, 0.3) is 0 Å². The van der Waals surface area contributed by atoms with Gasteiger partial charge in [-0.3, -0.25) is 4.99 Å². The van der Waals surface area contributed by atoms with Crippen LogP contribution >= 0.6 is 35.3 Å². The fourth-order valence-electron chi connectivity index (χ4n) is 3.21. The van der Waals surface area contributed by atoms with E-state index in [-0.39, 0.29) is 24.0 Å². The number of benzene rings is 1. The first kappa shape index (κ1) is 21.8. The largest absolute Gasteiger partial charge is 0.496 e. The molecule has 7 heteroatoms. The van der Waals surface area contributed by atoms with Gasteiger partial charge in [0.05, 0.1) is 12.1 Å². The highest BCUT2D eigenvalue weighted by atomic mass is 127. The Hall–Kier alpha value is -1.48. The molecule has 27 heavy (non-hydrogen) atoms. The van der Waals surface area contributed by atoms with Gasteiger partial charge >= 0.3 is 0 Å². The Labute approximate surface area is 183 Å². The van der Waals surface area contributed by atoms with E-state index in [1.807, 2.05) is 23.5 Å². The van der Waals surface area contributed by atoms with E-state index in [1.54, 1.807) is 7.11 Å². The number of guanidine groups is 1. The van der Waals surface area contributed by atoms with Crippen molar-refractivity contribution in [3.8, 4) is 5.75 Å². The summed E-state index contributed by atoms with van der Waals surface area (Å²) in [6.07, 6.45) is 0.883. The van der Waals surface area contributed by atoms with Crippen LogP contribution in [0.15, 0.2) is 46.8 Å². The van der Waals surface area contributed by atoms with E-state index >= 15 is 0 Å². The molecule has 0 aliphatic carbocycles. The molecule has 5 nitrogen and oxygen atoms in total. The highest BCUT2D eigenvalue weighted by Gasteiger charge is 2.20. The molecule has 0 unspecified atom stereocenters. The van der Waals surface area contributed by atoms with Gasteiger partial charge in [-0.25, -0.2) is 0 Å². The molecule has 0 spiro atoms. The van der Waals surface area contributed by atoms with Crippen LogP contribution in [0.5, 0.6) is 5.75 Å². The number of piperazine rings is 1. The van der Waals surface area contributed by atoms with Gasteiger partial charge in [-0.05, 0) is 42.5 Å². The number of hydrogen-bond acceptors (Lipinski definition) is 4. The third kappa shape index (κ3) is 6.00. The molecule has 1 aliphatic heterocycles. The lowest BCUT2D eigenvalue weighted by atomic mass is 10.1. The number of halogens is 1. The number of hydrogen-bond donors (Lipinski definition) is 1. The lowest BCUT2D eigenvalue weighted by Crippen LogP contribution is -2.52. The summed E-state index contributed by atoms with van der Waals surface area (Å²) in [4.78, 5) is 9.68. The number of aliphatic imine (C=N–C) groups is 1. The average molecular weight is 500 g/mol. The van der Waals surface area contributed by atoms with E-state index in [0.717, 1.165) is 57.4 Å². The zero-order valence-corrected chi connectivity index (χ0v) is 19.2. The molecule has 0 saturated carbocycles. The first-order valence-electron chi connectivity index (χ1n) is 9.25. The predicted molar refractivity (Wildman–Crippen MR) is 126 cm³/mol. The summed E-state index contributed by atoms with van der Waals surface area (Å²) in [5, 5.41) is 6.95. The topological polar surface area (TPSA) is 40.1 Å². The maximum absolute atomic E-state index is 5.43. The van der Waals surface area contributed by atoms with E-state index in [2.05, 4.69) is 51.7 Å². The SMILES string of the molecule is CCNC(=NCCc1ccccc1OC)N1CCN(c2cccs2)CC1.I. The molecule has 1 saturated heterocycles. The minimum absolute atomic E-state index is 0. The molecule has 1 fully saturated rings. The second-order valence-corrected chi connectivity index (χ2v) is 7.15. The lowest BCUT2D eigenvalue weighted by Gasteiger charge is -2.37. The Morgan fingerprint density at radius 2 is 1.93 bits per heavy atom. The van der Waals surface area contributed by atoms with Crippen LogP contribution < -0.4 is 15.0 Å². The summed E-state index contributed by atoms with van der Waals surface area (Å²) in [6.45, 7) is 7.84. The third-order valence-corrected chi connectivity index (χ3v) is 5.50. The summed E-state index contributed by atoms with van der Waals surface area (Å²) < 4.78 is 5.43. The third-order valence-electron chi connectivity index (χ3n) is 4.57. The predicted octanol–water partition coefficient (Wildman–Crippen LogP) is 3.70. The Morgan fingerprint density at radius 3 is 2.59 bits per heavy atom. The first-order chi connectivity index (χ1) is 12.8. The van der Waals surface area contributed by atoms with E-state index in [1.165, 1.54) is 10.6 Å². The van der Waals surface area contributed by atoms with Crippen molar-refractivity contribution in [3.63, 3.8) is 0 Å². The van der Waals surface area contributed by atoms with Crippen molar-refractivity contribution in [2.45, 2.75) is 13.3 Å². The normalized spacial score (nSPS) is 14.7. The smallest absolute Gasteiger partial charge is 0.194 e. The monoisotopic (exact) mass is 500 g/mol. The van der Waals surface area contributed by atoms with E-state index in [0.29, 0.717) is 0 Å². The maximum Gasteiger partial charge on any atom is 0.194 e. The van der Waals surface area contributed by atoms with Gasteiger partial charge in [-0.15, -0.1) is 35.3 Å². The van der Waals surface area contributed by atoms with Gasteiger partial charge in [0.15, 0.2) is 5.96 Å². The van der Waals surface area contributed by atoms with Gasteiger partial charge < -0.3 is 19.9 Å². The number of ether oxygens (including phenoxy) is 1. The van der Waals surface area contributed by atoms with Gasteiger partial charge in [0.1, 0.15) is 5.75 Å². The average Bonchev–Trinajstić information content (AvgIpc) is 3.23. The maximum atomic E-state index is 5.43. The number of nitrogens with zero attached hydrogens (tertiary/aromatic N) is 3. The Balaban J connectivity index is 0.00000261. The van der Waals surface area contributed by atoms with Crippen LogP contribution in [0.25, 0.3) is 0 Å². The van der Waals surface area contributed by atoms with Gasteiger partial charge in [-0.1, -0.05) is 18.2 Å². The molecule has 0 amide bonds. The molecule has 1 aromatic carbocycles. The van der Waals surface area contributed by atoms with Crippen LogP contribution in [-0.4, -0.2) is 57.2 Å². The van der Waals surface area contributed by atoms with Crippen LogP contribution in [0, 0.1) is 0 Å². The van der Waals surface area contributed by atoms with Crippen molar-refractivity contribution in [2.75, 3.05) is 51.3 Å². The van der Waals surface area contributed by atoms with Crippen LogP contribution in [0.2, 0.25) is 0 Å². The first-order valence-corrected chi connectivity index (χ1v) is 10.1. The number of thiophene rings is 1. The molecule has 148 valence electrons. The highest BCUT2D eigenvalue weighted by molar-refractivity contribution is 14.0. The van der Waals surface area contributed by atoms with Crippen LogP contribution in [-0.2, 0) is 6.42 Å². The van der Waals surface area contributed by atoms with Crippen molar-refractivity contribution in [3.05, 3.63) is 47.3 Å². The zero-order valence-electron chi connectivity index (χ0n) is 16.1. The van der Waals surface area contributed by atoms with Crippen LogP contribution in [0.1, 0.15) is 12.5 Å². The molecule has 1 aromatic heterocycles. The van der Waals surface area contributed by atoms with Crippen molar-refractivity contribution >= 4 is 46.3 Å². The number of anilines is 1. The second kappa shape index (κ2) is 11.4. The minimum atomic E-state index is 0. The Kier molecular flexibility index (Phi) is 9.20. The number of para-hydroxylation sites is 1. The number of nitrogens with one attached hydrogen (secondary N) is 1. The second-order valence-electron chi connectivity index (χ2n) is 6.22. The number of rotatable bonds is 6. The Bertz CT molecular complexity index is 700. The zero-order chi connectivity index (χ0) is 18.2. The summed E-state index contributed by atoms with van der Waals surface area (Å²) in [5.41, 5.74) is 1.21. The molecule has 0 bridgehead atoms. The van der Waals surface area contributed by atoms with Crippen LogP contribution in [0.4, 0.5) is 5.00 Å². The molecule has 3 rings (SSSR count). The van der Waals surface area contributed by atoms with Crippen LogP contribution in [0.3, 0.4) is 0 Å². The molecule has 1 aliphatic rings. The molecular weight excluding hydrogens is 471 g/mol. The summed E-state index contributed by atoms with van der Waals surface area (Å²) >= 11 is 1.81. The van der Waals surface area contributed by atoms with E-state index in [4.69, 9.17) is 9.73 Å².